The second kappa shape index (κ2) is 7.10. The van der Waals surface area contributed by atoms with Crippen molar-refractivity contribution in [2.24, 2.45) is 9.03 Å². The van der Waals surface area contributed by atoms with Gasteiger partial charge in [0.25, 0.3) is 0 Å². The molecule has 0 radical (unpaired) electrons. The van der Waals surface area contributed by atoms with Crippen LogP contribution in [0.1, 0.15) is 6.92 Å². The van der Waals surface area contributed by atoms with Gasteiger partial charge in [-0.05, 0) is 6.92 Å². The SMILES string of the molecule is C=C(C)C(=O)OCCOP1N=PN=PN1. The molecule has 0 fully saturated rings. The normalized spacial score (nSPS) is 21.0. The molecule has 9 heteroatoms. The Balaban J connectivity index is 2.07. The quantitative estimate of drug-likeness (QED) is 0.359. The van der Waals surface area contributed by atoms with Crippen LogP contribution < -0.4 is 4.86 Å². The van der Waals surface area contributed by atoms with Crippen molar-refractivity contribution in [1.29, 1.82) is 0 Å². The molecule has 1 atom stereocenters. The number of ether oxygens (including phenoxy) is 1. The van der Waals surface area contributed by atoms with Crippen LogP contribution in [0.2, 0.25) is 0 Å². The smallest absolute Gasteiger partial charge is 0.333 e. The van der Waals surface area contributed by atoms with Gasteiger partial charge in [-0.1, -0.05) is 6.58 Å². The Labute approximate surface area is 92.3 Å². The minimum absolute atomic E-state index is 0.215. The van der Waals surface area contributed by atoms with Gasteiger partial charge >= 0.3 is 5.97 Å². The van der Waals surface area contributed by atoms with Crippen LogP contribution in [-0.2, 0) is 14.1 Å². The first-order valence-corrected chi connectivity index (χ1v) is 6.88. The van der Waals surface area contributed by atoms with E-state index in [0.717, 1.165) is 8.52 Å². The molecule has 0 aromatic carbocycles. The fourth-order valence-corrected chi connectivity index (χ4v) is 3.54. The van der Waals surface area contributed by atoms with E-state index in [4.69, 9.17) is 9.26 Å². The fraction of sp³-hybridized carbons (Fsp3) is 0.500. The molecule has 0 saturated carbocycles. The molecule has 0 aliphatic carbocycles. The third-order valence-electron chi connectivity index (χ3n) is 1.21. The number of carbonyl (C=O) groups excluding carboxylic acids is 1. The van der Waals surface area contributed by atoms with Crippen molar-refractivity contribution in [2.45, 2.75) is 6.92 Å². The van der Waals surface area contributed by atoms with Gasteiger partial charge < -0.3 is 9.26 Å². The van der Waals surface area contributed by atoms with Crippen molar-refractivity contribution in [3.63, 3.8) is 0 Å². The topological polar surface area (TPSA) is 72.3 Å². The van der Waals surface area contributed by atoms with Crippen LogP contribution in [0, 0.1) is 0 Å². The van der Waals surface area contributed by atoms with Gasteiger partial charge in [-0.2, -0.15) is 13.9 Å². The van der Waals surface area contributed by atoms with Gasteiger partial charge in [-0.3, -0.25) is 0 Å². The molecular formula is C6H10N3O3P3. The summed E-state index contributed by atoms with van der Waals surface area (Å²) in [6, 6.07) is 0. The van der Waals surface area contributed by atoms with E-state index in [1.54, 1.807) is 6.92 Å². The van der Waals surface area contributed by atoms with Crippen molar-refractivity contribution in [2.75, 3.05) is 13.2 Å². The Hall–Kier alpha value is -0.240. The zero-order valence-corrected chi connectivity index (χ0v) is 10.8. The first-order chi connectivity index (χ1) is 7.20. The summed E-state index contributed by atoms with van der Waals surface area (Å²) >= 11 is 0. The minimum Gasteiger partial charge on any atom is -0.460 e. The van der Waals surface area contributed by atoms with Crippen LogP contribution in [0.25, 0.3) is 0 Å². The van der Waals surface area contributed by atoms with Crippen LogP contribution >= 0.6 is 25.5 Å². The number of nitrogens with one attached hydrogen (secondary N) is 1. The molecule has 0 spiro atoms. The summed E-state index contributed by atoms with van der Waals surface area (Å²) < 4.78 is 18.1. The molecule has 0 saturated heterocycles. The van der Waals surface area contributed by atoms with Crippen LogP contribution in [0.4, 0.5) is 0 Å². The lowest BCUT2D eigenvalue weighted by atomic mass is 10.4. The van der Waals surface area contributed by atoms with Gasteiger partial charge in [-0.15, -0.1) is 0 Å². The molecule has 6 nitrogen and oxygen atoms in total. The van der Waals surface area contributed by atoms with E-state index in [1.807, 2.05) is 0 Å². The Kier molecular flexibility index (Phi) is 6.07. The molecule has 1 unspecified atom stereocenters. The minimum atomic E-state index is -0.975. The fourth-order valence-electron chi connectivity index (χ4n) is 0.588. The van der Waals surface area contributed by atoms with E-state index in [2.05, 4.69) is 20.5 Å². The average Bonchev–Trinajstić information content (AvgIpc) is 2.25. The second-order valence-corrected chi connectivity index (χ2v) is 5.90. The largest absolute Gasteiger partial charge is 0.460 e. The van der Waals surface area contributed by atoms with Crippen molar-refractivity contribution in [3.8, 4) is 0 Å². The molecule has 1 aliphatic heterocycles. The summed E-state index contributed by atoms with van der Waals surface area (Å²) in [7, 11) is 0.490. The van der Waals surface area contributed by atoms with E-state index in [1.165, 1.54) is 0 Å². The van der Waals surface area contributed by atoms with E-state index in [9.17, 15) is 4.79 Å². The van der Waals surface area contributed by atoms with Gasteiger partial charge in [-0.25, -0.2) is 4.79 Å². The predicted molar refractivity (Wildman–Crippen MR) is 60.5 cm³/mol. The summed E-state index contributed by atoms with van der Waals surface area (Å²) in [4.78, 5) is 13.9. The van der Waals surface area contributed by atoms with Gasteiger partial charge in [0.15, 0.2) is 8.52 Å². The molecule has 1 heterocycles. The number of hydrogen-bond donors (Lipinski definition) is 1. The van der Waals surface area contributed by atoms with Crippen molar-refractivity contribution in [1.82, 2.24) is 4.86 Å². The molecule has 15 heavy (non-hydrogen) atoms. The zero-order chi connectivity index (χ0) is 11.1. The second-order valence-electron chi connectivity index (χ2n) is 2.49. The molecule has 1 aliphatic rings. The van der Waals surface area contributed by atoms with E-state index >= 15 is 0 Å². The van der Waals surface area contributed by atoms with Gasteiger partial charge in [0.05, 0.1) is 6.61 Å². The van der Waals surface area contributed by atoms with Crippen molar-refractivity contribution < 1.29 is 14.1 Å². The zero-order valence-electron chi connectivity index (χ0n) is 8.08. The summed E-state index contributed by atoms with van der Waals surface area (Å²) in [6.07, 6.45) is 0. The third kappa shape index (κ3) is 5.41. The average molecular weight is 265 g/mol. The maximum Gasteiger partial charge on any atom is 0.333 e. The standard InChI is InChI=1S/C6H10N3O3P3/c1-5(2)6(10)11-3-4-12-15-8-13-7-14-9-15/h1,3-4H2,2H3,(H,7,8,9). The maximum absolute atomic E-state index is 11.0. The van der Waals surface area contributed by atoms with Crippen molar-refractivity contribution >= 4 is 31.5 Å². The Morgan fingerprint density at radius 3 is 3.00 bits per heavy atom. The van der Waals surface area contributed by atoms with Crippen LogP contribution in [0.3, 0.4) is 0 Å². The van der Waals surface area contributed by atoms with Crippen LogP contribution in [-0.4, -0.2) is 19.2 Å². The summed E-state index contributed by atoms with van der Waals surface area (Å²) in [5, 5.41) is 0. The summed E-state index contributed by atoms with van der Waals surface area (Å²) in [5.74, 6) is -0.397. The number of nitrogens with zero attached hydrogens (tertiary/aromatic N) is 2. The van der Waals surface area contributed by atoms with Crippen LogP contribution in [0.15, 0.2) is 21.2 Å². The highest BCUT2D eigenvalue weighted by molar-refractivity contribution is 7.63. The molecule has 0 aromatic rings. The van der Waals surface area contributed by atoms with E-state index < -0.39 is 14.4 Å². The first-order valence-electron chi connectivity index (χ1n) is 4.02. The Morgan fingerprint density at radius 2 is 2.40 bits per heavy atom. The molecule has 82 valence electrons. The maximum atomic E-state index is 11.0. The lowest BCUT2D eigenvalue weighted by Gasteiger charge is -2.11. The number of carbonyl (C=O) groups is 1. The lowest BCUT2D eigenvalue weighted by molar-refractivity contribution is -0.139. The highest BCUT2D eigenvalue weighted by Gasteiger charge is 2.09. The van der Waals surface area contributed by atoms with Crippen molar-refractivity contribution in [3.05, 3.63) is 12.2 Å². The molecule has 1 N–H and O–H groups in total. The molecule has 0 amide bonds. The van der Waals surface area contributed by atoms with E-state index in [0.29, 0.717) is 20.7 Å². The molecule has 0 bridgehead atoms. The van der Waals surface area contributed by atoms with Crippen LogP contribution in [0.5, 0.6) is 0 Å². The Bertz CT molecular complexity index is 307. The lowest BCUT2D eigenvalue weighted by Crippen LogP contribution is -2.10. The predicted octanol–water partition coefficient (Wildman–Crippen LogP) is 3.04. The summed E-state index contributed by atoms with van der Waals surface area (Å²) in [6.45, 7) is 5.61. The molecule has 1 rings (SSSR count). The number of hydrogen-bond acceptors (Lipinski definition) is 6. The molecule has 0 aromatic heterocycles. The number of esters is 1. The monoisotopic (exact) mass is 265 g/mol. The highest BCUT2D eigenvalue weighted by Crippen LogP contribution is 2.43. The highest BCUT2D eigenvalue weighted by atomic mass is 31.2. The third-order valence-corrected chi connectivity index (χ3v) is 4.33. The number of rotatable bonds is 5. The van der Waals surface area contributed by atoms with Gasteiger partial charge in [0, 0.05) is 5.57 Å². The van der Waals surface area contributed by atoms with Gasteiger partial charge in [0.2, 0.25) is 8.45 Å². The molecular weight excluding hydrogens is 255 g/mol. The van der Waals surface area contributed by atoms with Gasteiger partial charge in [0.1, 0.15) is 15.1 Å². The van der Waals surface area contributed by atoms with E-state index in [-0.39, 0.29) is 6.61 Å². The Morgan fingerprint density at radius 1 is 1.60 bits per heavy atom. The summed E-state index contributed by atoms with van der Waals surface area (Å²) in [5.41, 5.74) is 0.386. The first kappa shape index (κ1) is 12.8.